The molecule has 0 heterocycles. The summed E-state index contributed by atoms with van der Waals surface area (Å²) in [5, 5.41) is 0.208. The van der Waals surface area contributed by atoms with Crippen molar-refractivity contribution in [2.75, 3.05) is 0 Å². The van der Waals surface area contributed by atoms with E-state index in [2.05, 4.69) is 57.7 Å². The van der Waals surface area contributed by atoms with Crippen molar-refractivity contribution in [2.24, 2.45) is 0 Å². The van der Waals surface area contributed by atoms with Gasteiger partial charge in [0, 0.05) is 15.6 Å². The van der Waals surface area contributed by atoms with Gasteiger partial charge in [-0.15, -0.1) is 12.6 Å². The van der Waals surface area contributed by atoms with Crippen LogP contribution in [0.5, 0.6) is 0 Å². The van der Waals surface area contributed by atoms with Crippen LogP contribution >= 0.6 is 25.3 Å². The van der Waals surface area contributed by atoms with Crippen LogP contribution in [0.15, 0.2) is 52.5 Å². The van der Waals surface area contributed by atoms with Crippen molar-refractivity contribution in [3.63, 3.8) is 0 Å². The summed E-state index contributed by atoms with van der Waals surface area (Å²) < 4.78 is 0. The maximum Gasteiger partial charge on any atom is 0.0356 e. The molecule has 0 aliphatic heterocycles. The fraction of sp³-hybridized carbons (Fsp3) is 0.333. The van der Waals surface area contributed by atoms with Gasteiger partial charge in [-0.1, -0.05) is 48.4 Å². The highest BCUT2D eigenvalue weighted by Crippen LogP contribution is 2.42. The number of hydrogen-bond donors (Lipinski definition) is 2. The molecule has 0 spiro atoms. The molecule has 0 nitrogen and oxygen atoms in total. The number of benzene rings is 1. The molecule has 90 valence electrons. The first kappa shape index (κ1) is 12.8. The molecule has 2 heteroatoms. The van der Waals surface area contributed by atoms with Gasteiger partial charge >= 0.3 is 0 Å². The Labute approximate surface area is 115 Å². The van der Waals surface area contributed by atoms with Crippen LogP contribution in [0.25, 0.3) is 0 Å². The van der Waals surface area contributed by atoms with Crippen molar-refractivity contribution in [1.29, 1.82) is 0 Å². The molecule has 1 aliphatic rings. The maximum atomic E-state index is 4.79. The van der Waals surface area contributed by atoms with Crippen LogP contribution in [0.2, 0.25) is 0 Å². The summed E-state index contributed by atoms with van der Waals surface area (Å²) in [5.41, 5.74) is 3.78. The van der Waals surface area contributed by atoms with E-state index >= 15 is 0 Å². The van der Waals surface area contributed by atoms with Gasteiger partial charge in [-0.3, -0.25) is 0 Å². The van der Waals surface area contributed by atoms with Crippen LogP contribution in [0.4, 0.5) is 0 Å². The first-order valence-electron chi connectivity index (χ1n) is 5.79. The lowest BCUT2D eigenvalue weighted by molar-refractivity contribution is 0.582. The molecule has 1 aromatic carbocycles. The van der Waals surface area contributed by atoms with Gasteiger partial charge < -0.3 is 0 Å². The van der Waals surface area contributed by atoms with Gasteiger partial charge in [-0.05, 0) is 25.5 Å². The van der Waals surface area contributed by atoms with Crippen LogP contribution in [0.3, 0.4) is 0 Å². The Balaban J connectivity index is 2.58. The molecule has 0 amide bonds. The van der Waals surface area contributed by atoms with Crippen molar-refractivity contribution >= 4 is 25.3 Å². The highest BCUT2D eigenvalue weighted by molar-refractivity contribution is 7.81. The molecular weight excluding hydrogens is 244 g/mol. The van der Waals surface area contributed by atoms with E-state index < -0.39 is 0 Å². The minimum atomic E-state index is -0.0790. The monoisotopic (exact) mass is 262 g/mol. The number of allylic oxidation sites excluding steroid dienone is 3. The topological polar surface area (TPSA) is 0 Å². The molecule has 0 saturated carbocycles. The fourth-order valence-electron chi connectivity index (χ4n) is 2.66. The smallest absolute Gasteiger partial charge is 0.0356 e. The summed E-state index contributed by atoms with van der Waals surface area (Å²) >= 11 is 9.37. The van der Waals surface area contributed by atoms with Crippen LogP contribution in [-0.2, 0) is 5.41 Å². The second kappa shape index (κ2) is 4.58. The molecular formula is C15H18S2. The molecule has 2 rings (SSSR count). The van der Waals surface area contributed by atoms with E-state index in [9.17, 15) is 0 Å². The Hall–Kier alpha value is -0.600. The van der Waals surface area contributed by atoms with Crippen molar-refractivity contribution in [2.45, 2.75) is 36.3 Å². The van der Waals surface area contributed by atoms with E-state index in [1.165, 1.54) is 16.7 Å². The quantitative estimate of drug-likeness (QED) is 0.687. The lowest BCUT2D eigenvalue weighted by Gasteiger charge is -2.37. The van der Waals surface area contributed by atoms with Gasteiger partial charge in [0.25, 0.3) is 0 Å². The van der Waals surface area contributed by atoms with E-state index in [0.29, 0.717) is 0 Å². The summed E-state index contributed by atoms with van der Waals surface area (Å²) in [4.78, 5) is 1.04. The van der Waals surface area contributed by atoms with Crippen LogP contribution in [0, 0.1) is 0 Å². The number of thiol groups is 2. The minimum absolute atomic E-state index is 0.0790. The Morgan fingerprint density at radius 3 is 2.47 bits per heavy atom. The first-order chi connectivity index (χ1) is 7.95. The third kappa shape index (κ3) is 2.21. The Bertz CT molecular complexity index is 499. The third-order valence-corrected chi connectivity index (χ3v) is 4.80. The van der Waals surface area contributed by atoms with Gasteiger partial charge in [0.1, 0.15) is 0 Å². The van der Waals surface area contributed by atoms with E-state index in [1.807, 2.05) is 12.1 Å². The van der Waals surface area contributed by atoms with Gasteiger partial charge in [0.15, 0.2) is 0 Å². The predicted molar refractivity (Wildman–Crippen MR) is 81.3 cm³/mol. The van der Waals surface area contributed by atoms with Crippen LogP contribution < -0.4 is 0 Å². The highest BCUT2D eigenvalue weighted by atomic mass is 32.1. The lowest BCUT2D eigenvalue weighted by Crippen LogP contribution is -2.34. The second-order valence-corrected chi connectivity index (χ2v) is 5.98. The number of hydrogen-bond acceptors (Lipinski definition) is 2. The second-order valence-electron chi connectivity index (χ2n) is 4.98. The standard InChI is InChI=1S/C15H18S2/c1-10-8-11(2)14(17)15(3,9-10)12-6-4-5-7-13(12)16/h4-9,14,16-17H,1-3H3/t14-,15+/m0/s1. The van der Waals surface area contributed by atoms with Crippen molar-refractivity contribution in [3.8, 4) is 0 Å². The van der Waals surface area contributed by atoms with Crippen LogP contribution in [-0.4, -0.2) is 5.25 Å². The molecule has 0 radical (unpaired) electrons. The molecule has 0 unspecified atom stereocenters. The Morgan fingerprint density at radius 1 is 1.18 bits per heavy atom. The van der Waals surface area contributed by atoms with E-state index in [1.54, 1.807) is 0 Å². The summed E-state index contributed by atoms with van der Waals surface area (Å²) in [6, 6.07) is 8.28. The van der Waals surface area contributed by atoms with Gasteiger partial charge in [0.2, 0.25) is 0 Å². The predicted octanol–water partition coefficient (Wildman–Crippen LogP) is 4.44. The zero-order valence-corrected chi connectivity index (χ0v) is 12.2. The zero-order chi connectivity index (χ0) is 12.6. The Kier molecular flexibility index (Phi) is 3.46. The highest BCUT2D eigenvalue weighted by Gasteiger charge is 2.36. The SMILES string of the molecule is CC1=C[C@](C)(c2ccccc2S)[C@@H](S)C(C)=C1. The molecule has 2 atom stereocenters. The third-order valence-electron chi connectivity index (χ3n) is 3.47. The van der Waals surface area contributed by atoms with Crippen molar-refractivity contribution < 1.29 is 0 Å². The Morgan fingerprint density at radius 2 is 1.82 bits per heavy atom. The van der Waals surface area contributed by atoms with Gasteiger partial charge in [0.05, 0.1) is 0 Å². The van der Waals surface area contributed by atoms with E-state index in [-0.39, 0.29) is 10.7 Å². The largest absolute Gasteiger partial charge is 0.170 e. The normalized spacial score (nSPS) is 28.6. The minimum Gasteiger partial charge on any atom is -0.170 e. The van der Waals surface area contributed by atoms with Crippen LogP contribution in [0.1, 0.15) is 26.3 Å². The van der Waals surface area contributed by atoms with Crippen molar-refractivity contribution in [3.05, 3.63) is 53.1 Å². The molecule has 0 saturated heterocycles. The molecule has 0 bridgehead atoms. The molecule has 0 aromatic heterocycles. The average Bonchev–Trinajstić information content (AvgIpc) is 2.26. The van der Waals surface area contributed by atoms with E-state index in [4.69, 9.17) is 12.6 Å². The summed E-state index contributed by atoms with van der Waals surface area (Å²) in [6.07, 6.45) is 4.51. The molecule has 0 N–H and O–H groups in total. The summed E-state index contributed by atoms with van der Waals surface area (Å²) in [5.74, 6) is 0. The molecule has 1 aliphatic carbocycles. The number of rotatable bonds is 1. The zero-order valence-electron chi connectivity index (χ0n) is 10.4. The molecule has 0 fully saturated rings. The fourth-order valence-corrected chi connectivity index (χ4v) is 3.35. The molecule has 17 heavy (non-hydrogen) atoms. The summed E-state index contributed by atoms with van der Waals surface area (Å²) in [6.45, 7) is 6.52. The lowest BCUT2D eigenvalue weighted by atomic mass is 9.73. The van der Waals surface area contributed by atoms with Crippen molar-refractivity contribution in [1.82, 2.24) is 0 Å². The molecule has 1 aromatic rings. The van der Waals surface area contributed by atoms with E-state index in [0.717, 1.165) is 4.90 Å². The van der Waals surface area contributed by atoms with Gasteiger partial charge in [-0.2, -0.15) is 12.6 Å². The average molecular weight is 262 g/mol. The van der Waals surface area contributed by atoms with Gasteiger partial charge in [-0.25, -0.2) is 0 Å². The maximum absolute atomic E-state index is 4.79. The first-order valence-corrected chi connectivity index (χ1v) is 6.75. The summed E-state index contributed by atoms with van der Waals surface area (Å²) in [7, 11) is 0.